The molecule has 0 aliphatic rings. The number of carbonyl (C=O) groups excluding carboxylic acids is 2. The zero-order valence-corrected chi connectivity index (χ0v) is 16.2. The minimum atomic E-state index is -0.676. The van der Waals surface area contributed by atoms with Crippen LogP contribution in [0.25, 0.3) is 0 Å². The van der Waals surface area contributed by atoms with Crippen molar-refractivity contribution in [3.05, 3.63) is 98.0 Å². The maximum Gasteiger partial charge on any atom is 0.270 e. The zero-order valence-electron chi connectivity index (χ0n) is 14.7. The molecule has 0 aliphatic heterocycles. The number of carbonyl (C=O) groups is 2. The first-order valence-electron chi connectivity index (χ1n) is 8.26. The van der Waals surface area contributed by atoms with Crippen LogP contribution in [0, 0.1) is 10.1 Å². The molecule has 9 heteroatoms. The van der Waals surface area contributed by atoms with Gasteiger partial charge in [-0.15, -0.1) is 0 Å². The number of rotatable bonds is 5. The van der Waals surface area contributed by atoms with Crippen molar-refractivity contribution < 1.29 is 14.5 Å². The van der Waals surface area contributed by atoms with Gasteiger partial charge in [0.1, 0.15) is 0 Å². The fourth-order valence-corrected chi connectivity index (χ4v) is 2.84. The zero-order chi connectivity index (χ0) is 21.0. The molecule has 146 valence electrons. The Morgan fingerprint density at radius 2 is 1.48 bits per heavy atom. The summed E-state index contributed by atoms with van der Waals surface area (Å²) in [4.78, 5) is 35.6. The van der Waals surface area contributed by atoms with Gasteiger partial charge in [-0.1, -0.05) is 35.3 Å². The highest BCUT2D eigenvalue weighted by Gasteiger charge is 2.18. The molecular formula is C20H13Cl2N3O4. The molecule has 0 spiro atoms. The largest absolute Gasteiger partial charge is 0.322 e. The van der Waals surface area contributed by atoms with Crippen LogP contribution in [0.15, 0.2) is 66.7 Å². The first kappa shape index (κ1) is 20.3. The van der Waals surface area contributed by atoms with Crippen molar-refractivity contribution in [1.29, 1.82) is 0 Å². The third-order valence-corrected chi connectivity index (χ3v) is 4.51. The second-order valence-corrected chi connectivity index (χ2v) is 6.73. The monoisotopic (exact) mass is 429 g/mol. The number of nitro groups is 1. The van der Waals surface area contributed by atoms with Gasteiger partial charge in [0.15, 0.2) is 0 Å². The summed E-state index contributed by atoms with van der Waals surface area (Å²) in [5.41, 5.74) is 0.619. The second-order valence-electron chi connectivity index (χ2n) is 5.88. The van der Waals surface area contributed by atoms with E-state index in [9.17, 15) is 19.7 Å². The Hall–Kier alpha value is -3.42. The summed E-state index contributed by atoms with van der Waals surface area (Å²) in [6.45, 7) is 0. The van der Waals surface area contributed by atoms with Gasteiger partial charge in [0.05, 0.1) is 26.8 Å². The molecule has 29 heavy (non-hydrogen) atoms. The van der Waals surface area contributed by atoms with E-state index in [0.717, 1.165) is 6.07 Å². The van der Waals surface area contributed by atoms with Gasteiger partial charge in [0.25, 0.3) is 17.5 Å². The van der Waals surface area contributed by atoms with E-state index in [2.05, 4.69) is 10.6 Å². The quantitative estimate of drug-likeness (QED) is 0.418. The van der Waals surface area contributed by atoms with E-state index in [1.807, 2.05) is 0 Å². The minimum absolute atomic E-state index is 0.0520. The third-order valence-electron chi connectivity index (χ3n) is 3.93. The maximum absolute atomic E-state index is 12.6. The third kappa shape index (κ3) is 4.90. The van der Waals surface area contributed by atoms with Crippen LogP contribution in [0.5, 0.6) is 0 Å². The summed E-state index contributed by atoms with van der Waals surface area (Å²) in [7, 11) is 0. The van der Waals surface area contributed by atoms with E-state index in [-0.39, 0.29) is 27.5 Å². The fourth-order valence-electron chi connectivity index (χ4n) is 2.51. The number of anilines is 2. The number of benzene rings is 3. The second kappa shape index (κ2) is 8.72. The van der Waals surface area contributed by atoms with Gasteiger partial charge in [0, 0.05) is 22.8 Å². The number of para-hydroxylation sites is 1. The van der Waals surface area contributed by atoms with Gasteiger partial charge in [-0.2, -0.15) is 0 Å². The van der Waals surface area contributed by atoms with Crippen LogP contribution < -0.4 is 10.6 Å². The average molecular weight is 430 g/mol. The first-order chi connectivity index (χ1) is 13.8. The number of halogens is 2. The molecule has 3 aromatic carbocycles. The molecule has 0 radical (unpaired) electrons. The lowest BCUT2D eigenvalue weighted by Gasteiger charge is -2.12. The molecule has 0 unspecified atom stereocenters. The van der Waals surface area contributed by atoms with E-state index in [0.29, 0.717) is 10.7 Å². The Morgan fingerprint density at radius 1 is 0.828 bits per heavy atom. The molecule has 0 atom stereocenters. The number of nitrogens with one attached hydrogen (secondary N) is 2. The van der Waals surface area contributed by atoms with Crippen molar-refractivity contribution >= 4 is 52.1 Å². The van der Waals surface area contributed by atoms with Gasteiger partial charge in [-0.05, 0) is 42.5 Å². The molecular weight excluding hydrogens is 417 g/mol. The standard InChI is InChI=1S/C20H13Cl2N3O4/c21-12-5-7-13(8-6-12)23-19(26)15-3-1-2-4-18(15)24-20(27)16-11-14(25(28)29)9-10-17(16)22/h1-11H,(H,23,26)(H,24,27). The van der Waals surface area contributed by atoms with E-state index in [1.54, 1.807) is 42.5 Å². The predicted octanol–water partition coefficient (Wildman–Crippen LogP) is 5.41. The summed E-state index contributed by atoms with van der Waals surface area (Å²) in [6.07, 6.45) is 0. The Bertz CT molecular complexity index is 1100. The van der Waals surface area contributed by atoms with Crippen molar-refractivity contribution in [1.82, 2.24) is 0 Å². The maximum atomic E-state index is 12.6. The topological polar surface area (TPSA) is 101 Å². The van der Waals surface area contributed by atoms with E-state index >= 15 is 0 Å². The lowest BCUT2D eigenvalue weighted by molar-refractivity contribution is -0.384. The normalized spacial score (nSPS) is 10.3. The Labute approximate surface area is 175 Å². The predicted molar refractivity (Wildman–Crippen MR) is 112 cm³/mol. The molecule has 0 bridgehead atoms. The molecule has 3 aromatic rings. The van der Waals surface area contributed by atoms with E-state index in [1.165, 1.54) is 18.2 Å². The summed E-state index contributed by atoms with van der Waals surface area (Å²) in [5.74, 6) is -1.13. The molecule has 0 fully saturated rings. The number of non-ortho nitro benzene ring substituents is 1. The lowest BCUT2D eigenvalue weighted by atomic mass is 10.1. The summed E-state index contributed by atoms with van der Waals surface area (Å²) in [6, 6.07) is 16.5. The van der Waals surface area contributed by atoms with Gasteiger partial charge >= 0.3 is 0 Å². The molecule has 0 heterocycles. The first-order valence-corrected chi connectivity index (χ1v) is 9.02. The smallest absolute Gasteiger partial charge is 0.270 e. The highest BCUT2D eigenvalue weighted by atomic mass is 35.5. The van der Waals surface area contributed by atoms with Gasteiger partial charge in [0.2, 0.25) is 0 Å². The van der Waals surface area contributed by atoms with E-state index in [4.69, 9.17) is 23.2 Å². The summed E-state index contributed by atoms with van der Waals surface area (Å²) < 4.78 is 0. The lowest BCUT2D eigenvalue weighted by Crippen LogP contribution is -2.18. The SMILES string of the molecule is O=C(Nc1ccccc1C(=O)Nc1ccc(Cl)cc1)c1cc([N+](=O)[O-])ccc1Cl. The number of hydrogen-bond acceptors (Lipinski definition) is 4. The van der Waals surface area contributed by atoms with Crippen LogP contribution in [-0.4, -0.2) is 16.7 Å². The van der Waals surface area contributed by atoms with Crippen LogP contribution in [0.4, 0.5) is 17.1 Å². The van der Waals surface area contributed by atoms with Gasteiger partial charge in [-0.3, -0.25) is 19.7 Å². The number of hydrogen-bond donors (Lipinski definition) is 2. The van der Waals surface area contributed by atoms with Gasteiger partial charge in [-0.25, -0.2) is 0 Å². The molecule has 2 N–H and O–H groups in total. The van der Waals surface area contributed by atoms with Gasteiger partial charge < -0.3 is 10.6 Å². The average Bonchev–Trinajstić information content (AvgIpc) is 2.70. The number of amides is 2. The molecule has 7 nitrogen and oxygen atoms in total. The van der Waals surface area contributed by atoms with E-state index < -0.39 is 16.7 Å². The Balaban J connectivity index is 1.84. The van der Waals surface area contributed by atoms with Crippen LogP contribution in [0.1, 0.15) is 20.7 Å². The summed E-state index contributed by atoms with van der Waals surface area (Å²) in [5, 5.41) is 16.8. The highest BCUT2D eigenvalue weighted by Crippen LogP contribution is 2.25. The fraction of sp³-hybridized carbons (Fsp3) is 0. The van der Waals surface area contributed by atoms with Crippen molar-refractivity contribution in [3.63, 3.8) is 0 Å². The van der Waals surface area contributed by atoms with Crippen LogP contribution in [-0.2, 0) is 0 Å². The highest BCUT2D eigenvalue weighted by molar-refractivity contribution is 6.34. The number of nitro benzene ring substituents is 1. The molecule has 3 rings (SSSR count). The van der Waals surface area contributed by atoms with Crippen molar-refractivity contribution in [3.8, 4) is 0 Å². The summed E-state index contributed by atoms with van der Waals surface area (Å²) >= 11 is 11.8. The van der Waals surface area contributed by atoms with Crippen molar-refractivity contribution in [2.24, 2.45) is 0 Å². The molecule has 0 aliphatic carbocycles. The Kier molecular flexibility index (Phi) is 6.11. The number of nitrogens with zero attached hydrogens (tertiary/aromatic N) is 1. The van der Waals surface area contributed by atoms with Crippen molar-refractivity contribution in [2.45, 2.75) is 0 Å². The van der Waals surface area contributed by atoms with Crippen LogP contribution in [0.3, 0.4) is 0 Å². The van der Waals surface area contributed by atoms with Crippen LogP contribution in [0.2, 0.25) is 10.0 Å². The Morgan fingerprint density at radius 3 is 2.17 bits per heavy atom. The minimum Gasteiger partial charge on any atom is -0.322 e. The molecule has 0 saturated carbocycles. The van der Waals surface area contributed by atoms with Crippen LogP contribution >= 0.6 is 23.2 Å². The molecule has 0 aromatic heterocycles. The molecule has 0 saturated heterocycles. The molecule has 2 amide bonds. The van der Waals surface area contributed by atoms with Crippen molar-refractivity contribution in [2.75, 3.05) is 10.6 Å².